The highest BCUT2D eigenvalue weighted by Gasteiger charge is 2.52. The van der Waals surface area contributed by atoms with Gasteiger partial charge in [-0.15, -0.1) is 0 Å². The molecule has 1 N–H and O–H groups in total. The molecule has 0 aliphatic carbocycles. The van der Waals surface area contributed by atoms with E-state index in [1.165, 1.54) is 0 Å². The molecular weight excluding hydrogens is 300 g/mol. The summed E-state index contributed by atoms with van der Waals surface area (Å²) in [5, 5.41) is 4.27. The molecule has 7 heteroatoms. The smallest absolute Gasteiger partial charge is 0.399 e. The van der Waals surface area contributed by atoms with Gasteiger partial charge in [-0.2, -0.15) is 0 Å². The summed E-state index contributed by atoms with van der Waals surface area (Å²) in [5.74, 6) is 0.562. The van der Waals surface area contributed by atoms with Crippen molar-refractivity contribution in [3.8, 4) is 0 Å². The lowest BCUT2D eigenvalue weighted by Crippen LogP contribution is -2.41. The highest BCUT2D eigenvalue weighted by molar-refractivity contribution is 6.66. The highest BCUT2D eigenvalue weighted by Crippen LogP contribution is 2.37. The van der Waals surface area contributed by atoms with Crippen molar-refractivity contribution in [2.45, 2.75) is 38.9 Å². The van der Waals surface area contributed by atoms with E-state index in [0.29, 0.717) is 11.0 Å². The van der Waals surface area contributed by atoms with Crippen molar-refractivity contribution in [1.29, 1.82) is 0 Å². The van der Waals surface area contributed by atoms with Crippen molar-refractivity contribution in [2.75, 3.05) is 12.4 Å². The van der Waals surface area contributed by atoms with Gasteiger partial charge in [0.1, 0.15) is 0 Å². The molecule has 1 aliphatic heterocycles. The maximum Gasteiger partial charge on any atom is 0.496 e. The predicted octanol–water partition coefficient (Wildman–Crippen LogP) is 2.62. The van der Waals surface area contributed by atoms with Crippen LogP contribution in [-0.2, 0) is 9.31 Å². The van der Waals surface area contributed by atoms with E-state index in [1.807, 2.05) is 39.8 Å². The number of halogens is 1. The monoisotopic (exact) mass is 319 g/mol. The van der Waals surface area contributed by atoms with Gasteiger partial charge in [-0.25, -0.2) is 9.97 Å². The summed E-state index contributed by atoms with van der Waals surface area (Å²) < 4.78 is 12.1. The van der Waals surface area contributed by atoms with Crippen LogP contribution in [0.2, 0.25) is 5.02 Å². The Balaban J connectivity index is 2.04. The van der Waals surface area contributed by atoms with E-state index in [-0.39, 0.29) is 0 Å². The van der Waals surface area contributed by atoms with Crippen LogP contribution in [0.5, 0.6) is 0 Å². The summed E-state index contributed by atoms with van der Waals surface area (Å²) in [4.78, 5) is 8.61. The van der Waals surface area contributed by atoms with Crippen molar-refractivity contribution >= 4 is 41.0 Å². The van der Waals surface area contributed by atoms with Gasteiger partial charge in [0.05, 0.1) is 21.7 Å². The van der Waals surface area contributed by atoms with Crippen LogP contribution in [0.4, 0.5) is 5.95 Å². The van der Waals surface area contributed by atoms with Crippen molar-refractivity contribution in [3.63, 3.8) is 0 Å². The molecule has 2 aromatic rings. The summed E-state index contributed by atoms with van der Waals surface area (Å²) in [5.41, 5.74) is 0.781. The largest absolute Gasteiger partial charge is 0.496 e. The van der Waals surface area contributed by atoms with E-state index in [0.717, 1.165) is 16.4 Å². The lowest BCUT2D eigenvalue weighted by Gasteiger charge is -2.32. The molecule has 116 valence electrons. The third kappa shape index (κ3) is 2.35. The number of nitrogens with one attached hydrogen (secondary N) is 1. The van der Waals surface area contributed by atoms with Crippen molar-refractivity contribution < 1.29 is 9.31 Å². The fraction of sp³-hybridized carbons (Fsp3) is 0.467. The third-order valence-corrected chi connectivity index (χ3v) is 4.88. The molecule has 1 fully saturated rings. The molecule has 0 saturated carbocycles. The van der Waals surface area contributed by atoms with E-state index in [9.17, 15) is 0 Å². The van der Waals surface area contributed by atoms with Gasteiger partial charge >= 0.3 is 7.12 Å². The Morgan fingerprint density at radius 1 is 1.14 bits per heavy atom. The van der Waals surface area contributed by atoms with Crippen LogP contribution in [0.1, 0.15) is 27.7 Å². The molecule has 1 saturated heterocycles. The first-order valence-electron chi connectivity index (χ1n) is 7.24. The SMILES string of the molecule is CNc1ncc2c(Cl)c(B3OC(C)(C)C(C)(C)O3)ccc2n1. The number of hydrogen-bond donors (Lipinski definition) is 1. The molecule has 0 atom stereocenters. The highest BCUT2D eigenvalue weighted by atomic mass is 35.5. The fourth-order valence-electron chi connectivity index (χ4n) is 2.36. The Morgan fingerprint density at radius 3 is 2.36 bits per heavy atom. The van der Waals surface area contributed by atoms with Gasteiger partial charge in [0.25, 0.3) is 0 Å². The van der Waals surface area contributed by atoms with Crippen LogP contribution in [0.25, 0.3) is 10.9 Å². The summed E-state index contributed by atoms with van der Waals surface area (Å²) >= 11 is 6.54. The molecule has 5 nitrogen and oxygen atoms in total. The molecule has 1 aliphatic rings. The number of nitrogens with zero attached hydrogens (tertiary/aromatic N) is 2. The second kappa shape index (κ2) is 5.08. The van der Waals surface area contributed by atoms with Gasteiger partial charge in [0.15, 0.2) is 0 Å². The molecule has 0 bridgehead atoms. The Hall–Kier alpha value is -1.37. The lowest BCUT2D eigenvalue weighted by molar-refractivity contribution is 0.00578. The average Bonchev–Trinajstić information content (AvgIpc) is 2.67. The zero-order valence-corrected chi connectivity index (χ0v) is 14.2. The Kier molecular flexibility index (Phi) is 3.59. The van der Waals surface area contributed by atoms with Crippen LogP contribution < -0.4 is 10.8 Å². The second-order valence-electron chi connectivity index (χ2n) is 6.43. The number of aromatic nitrogens is 2. The topological polar surface area (TPSA) is 56.3 Å². The van der Waals surface area contributed by atoms with Gasteiger partial charge in [-0.3, -0.25) is 0 Å². The molecule has 0 radical (unpaired) electrons. The van der Waals surface area contributed by atoms with E-state index in [2.05, 4.69) is 15.3 Å². The molecule has 0 spiro atoms. The van der Waals surface area contributed by atoms with Crippen LogP contribution in [0, 0.1) is 0 Å². The molecule has 1 aromatic carbocycles. The standard InChI is InChI=1S/C15H19BClN3O2/c1-14(2)15(3,4)22-16(21-14)10-6-7-11-9(12(10)17)8-19-13(18-5)20-11/h6-8H,1-5H3,(H,18,19,20). The minimum atomic E-state index is -0.495. The number of rotatable bonds is 2. The van der Waals surface area contributed by atoms with Gasteiger partial charge < -0.3 is 14.6 Å². The Bertz CT molecular complexity index is 720. The summed E-state index contributed by atoms with van der Waals surface area (Å²) in [6, 6.07) is 3.81. The Morgan fingerprint density at radius 2 is 1.77 bits per heavy atom. The maximum absolute atomic E-state index is 6.54. The number of hydrogen-bond acceptors (Lipinski definition) is 5. The number of fused-ring (bicyclic) bond motifs is 1. The summed E-state index contributed by atoms with van der Waals surface area (Å²) in [7, 11) is 1.28. The van der Waals surface area contributed by atoms with E-state index in [1.54, 1.807) is 13.2 Å². The maximum atomic E-state index is 6.54. The van der Waals surface area contributed by atoms with Crippen LogP contribution in [0.3, 0.4) is 0 Å². The average molecular weight is 320 g/mol. The molecular formula is C15H19BClN3O2. The van der Waals surface area contributed by atoms with Crippen molar-refractivity contribution in [1.82, 2.24) is 9.97 Å². The van der Waals surface area contributed by atoms with E-state index >= 15 is 0 Å². The van der Waals surface area contributed by atoms with Gasteiger partial charge in [0, 0.05) is 24.1 Å². The zero-order valence-electron chi connectivity index (χ0n) is 13.4. The van der Waals surface area contributed by atoms with Crippen molar-refractivity contribution in [2.24, 2.45) is 0 Å². The summed E-state index contributed by atoms with van der Waals surface area (Å²) in [6.45, 7) is 8.07. The molecule has 0 amide bonds. The first-order valence-corrected chi connectivity index (χ1v) is 7.61. The number of benzene rings is 1. The Labute approximate surface area is 135 Å². The quantitative estimate of drug-likeness (QED) is 0.862. The minimum absolute atomic E-state index is 0.400. The van der Waals surface area contributed by atoms with Crippen LogP contribution >= 0.6 is 11.6 Å². The molecule has 3 rings (SSSR count). The minimum Gasteiger partial charge on any atom is -0.399 e. The fourth-order valence-corrected chi connectivity index (χ4v) is 2.66. The van der Waals surface area contributed by atoms with Gasteiger partial charge in [-0.05, 0) is 33.8 Å². The van der Waals surface area contributed by atoms with Crippen LogP contribution in [0.15, 0.2) is 18.3 Å². The van der Waals surface area contributed by atoms with E-state index in [4.69, 9.17) is 20.9 Å². The molecule has 2 heterocycles. The van der Waals surface area contributed by atoms with E-state index < -0.39 is 18.3 Å². The van der Waals surface area contributed by atoms with Gasteiger partial charge in [-0.1, -0.05) is 17.7 Å². The molecule has 0 unspecified atom stereocenters. The lowest BCUT2D eigenvalue weighted by atomic mass is 9.78. The normalized spacial score (nSPS) is 19.6. The molecule has 1 aromatic heterocycles. The van der Waals surface area contributed by atoms with Gasteiger partial charge in [0.2, 0.25) is 5.95 Å². The second-order valence-corrected chi connectivity index (χ2v) is 6.81. The first kappa shape index (κ1) is 15.5. The zero-order chi connectivity index (χ0) is 16.1. The molecule has 22 heavy (non-hydrogen) atoms. The number of anilines is 1. The van der Waals surface area contributed by atoms with Crippen molar-refractivity contribution in [3.05, 3.63) is 23.4 Å². The third-order valence-electron chi connectivity index (χ3n) is 4.46. The predicted molar refractivity (Wildman–Crippen MR) is 89.8 cm³/mol. The van der Waals surface area contributed by atoms with Crippen LogP contribution in [-0.4, -0.2) is 35.3 Å². The summed E-state index contributed by atoms with van der Waals surface area (Å²) in [6.07, 6.45) is 1.71. The first-order chi connectivity index (χ1) is 10.2.